The maximum Gasteiger partial charge on any atom is 0.246 e. The standard InChI is InChI=1S/C16H20N6O/c1-9-4-3-5-11(8-9)14-20-15-13(17)19-12(10(2)22(15)21-14)16-18-6-7-23-16/h6-7,9,11H,3-5,8H2,1-2H3,(H2,17,19). The van der Waals surface area contributed by atoms with E-state index in [2.05, 4.69) is 21.9 Å². The third-order valence-electron chi connectivity index (χ3n) is 4.68. The van der Waals surface area contributed by atoms with Gasteiger partial charge < -0.3 is 10.2 Å². The molecule has 7 nitrogen and oxygen atoms in total. The summed E-state index contributed by atoms with van der Waals surface area (Å²) < 4.78 is 7.13. The van der Waals surface area contributed by atoms with Crippen LogP contribution in [0.4, 0.5) is 5.82 Å². The van der Waals surface area contributed by atoms with Crippen molar-refractivity contribution in [1.29, 1.82) is 0 Å². The van der Waals surface area contributed by atoms with Gasteiger partial charge in [-0.1, -0.05) is 19.8 Å². The highest BCUT2D eigenvalue weighted by molar-refractivity contribution is 5.66. The van der Waals surface area contributed by atoms with Crippen molar-refractivity contribution in [3.63, 3.8) is 0 Å². The van der Waals surface area contributed by atoms with Crippen LogP contribution in [0, 0.1) is 12.8 Å². The molecule has 23 heavy (non-hydrogen) atoms. The zero-order valence-corrected chi connectivity index (χ0v) is 13.4. The average Bonchev–Trinajstić information content (AvgIpc) is 3.20. The van der Waals surface area contributed by atoms with Crippen molar-refractivity contribution < 1.29 is 4.42 Å². The zero-order valence-electron chi connectivity index (χ0n) is 13.4. The van der Waals surface area contributed by atoms with E-state index in [0.717, 1.165) is 30.3 Å². The summed E-state index contributed by atoms with van der Waals surface area (Å²) in [6, 6.07) is 0. The van der Waals surface area contributed by atoms with E-state index < -0.39 is 0 Å². The van der Waals surface area contributed by atoms with Crippen LogP contribution in [0.5, 0.6) is 0 Å². The zero-order chi connectivity index (χ0) is 16.0. The number of fused-ring (bicyclic) bond motifs is 1. The topological polar surface area (TPSA) is 95.1 Å². The van der Waals surface area contributed by atoms with Crippen molar-refractivity contribution in [2.45, 2.75) is 45.4 Å². The molecule has 0 amide bonds. The summed E-state index contributed by atoms with van der Waals surface area (Å²) in [6.07, 6.45) is 7.91. The van der Waals surface area contributed by atoms with E-state index in [4.69, 9.17) is 15.2 Å². The third kappa shape index (κ3) is 2.36. The fourth-order valence-corrected chi connectivity index (χ4v) is 3.46. The first kappa shape index (κ1) is 14.2. The monoisotopic (exact) mass is 312 g/mol. The van der Waals surface area contributed by atoms with E-state index >= 15 is 0 Å². The van der Waals surface area contributed by atoms with Gasteiger partial charge in [-0.05, 0) is 25.7 Å². The Hall–Kier alpha value is -2.44. The lowest BCUT2D eigenvalue weighted by Crippen LogP contribution is -2.13. The molecule has 1 aliphatic carbocycles. The van der Waals surface area contributed by atoms with Gasteiger partial charge in [-0.2, -0.15) is 5.10 Å². The van der Waals surface area contributed by atoms with Crippen LogP contribution in [-0.4, -0.2) is 24.6 Å². The number of nitrogen functional groups attached to an aromatic ring is 1. The van der Waals surface area contributed by atoms with Crippen molar-refractivity contribution in [3.8, 4) is 11.6 Å². The molecule has 0 aliphatic heterocycles. The summed E-state index contributed by atoms with van der Waals surface area (Å²) in [5.74, 6) is 2.80. The second-order valence-electron chi connectivity index (χ2n) is 6.44. The van der Waals surface area contributed by atoms with Crippen LogP contribution in [0.1, 0.15) is 50.0 Å². The number of rotatable bonds is 2. The van der Waals surface area contributed by atoms with E-state index in [0.29, 0.717) is 29.0 Å². The molecule has 3 aromatic heterocycles. The molecule has 2 N–H and O–H groups in total. The van der Waals surface area contributed by atoms with Crippen LogP contribution in [0.2, 0.25) is 0 Å². The van der Waals surface area contributed by atoms with Crippen LogP contribution < -0.4 is 5.73 Å². The molecule has 0 saturated heterocycles. The molecule has 0 bridgehead atoms. The van der Waals surface area contributed by atoms with Gasteiger partial charge in [0.2, 0.25) is 5.89 Å². The van der Waals surface area contributed by atoms with Crippen molar-refractivity contribution in [2.75, 3.05) is 5.73 Å². The third-order valence-corrected chi connectivity index (χ3v) is 4.68. The SMILES string of the molecule is Cc1c(-c2ncco2)nc(N)c2nc(C3CCCC(C)C3)nn12. The van der Waals surface area contributed by atoms with E-state index in [9.17, 15) is 0 Å². The van der Waals surface area contributed by atoms with Gasteiger partial charge in [0.05, 0.1) is 11.9 Å². The number of nitrogens with zero attached hydrogens (tertiary/aromatic N) is 5. The fraction of sp³-hybridized carbons (Fsp3) is 0.500. The molecule has 3 heterocycles. The highest BCUT2D eigenvalue weighted by atomic mass is 16.3. The summed E-state index contributed by atoms with van der Waals surface area (Å²) >= 11 is 0. The Balaban J connectivity index is 1.82. The summed E-state index contributed by atoms with van der Waals surface area (Å²) in [5, 5.41) is 4.72. The first-order valence-corrected chi connectivity index (χ1v) is 8.06. The first-order valence-electron chi connectivity index (χ1n) is 8.06. The lowest BCUT2D eigenvalue weighted by molar-refractivity contribution is 0.335. The molecular weight excluding hydrogens is 292 g/mol. The number of hydrogen-bond donors (Lipinski definition) is 1. The van der Waals surface area contributed by atoms with Crippen LogP contribution in [-0.2, 0) is 0 Å². The molecule has 0 radical (unpaired) electrons. The van der Waals surface area contributed by atoms with Gasteiger partial charge >= 0.3 is 0 Å². The largest absolute Gasteiger partial charge is 0.443 e. The molecule has 1 saturated carbocycles. The van der Waals surface area contributed by atoms with Crippen LogP contribution >= 0.6 is 0 Å². The van der Waals surface area contributed by atoms with Crippen LogP contribution in [0.15, 0.2) is 16.9 Å². The van der Waals surface area contributed by atoms with Gasteiger partial charge in [-0.3, -0.25) is 0 Å². The Morgan fingerprint density at radius 1 is 1.30 bits per heavy atom. The Morgan fingerprint density at radius 2 is 2.17 bits per heavy atom. The average molecular weight is 312 g/mol. The second kappa shape index (κ2) is 5.33. The van der Waals surface area contributed by atoms with Gasteiger partial charge in [0.1, 0.15) is 12.0 Å². The maximum atomic E-state index is 6.10. The van der Waals surface area contributed by atoms with E-state index in [1.807, 2.05) is 6.92 Å². The maximum absolute atomic E-state index is 6.10. The lowest BCUT2D eigenvalue weighted by Gasteiger charge is -2.24. The van der Waals surface area contributed by atoms with Gasteiger partial charge in [-0.15, -0.1) is 0 Å². The van der Waals surface area contributed by atoms with Crippen LogP contribution in [0.3, 0.4) is 0 Å². The number of aromatic nitrogens is 5. The van der Waals surface area contributed by atoms with Gasteiger partial charge in [0.15, 0.2) is 17.3 Å². The van der Waals surface area contributed by atoms with Gasteiger partial charge in [0.25, 0.3) is 0 Å². The summed E-state index contributed by atoms with van der Waals surface area (Å²) in [5.41, 5.74) is 8.15. The van der Waals surface area contributed by atoms with E-state index in [1.165, 1.54) is 19.1 Å². The molecule has 7 heteroatoms. The number of oxazole rings is 1. The van der Waals surface area contributed by atoms with E-state index in [-0.39, 0.29) is 0 Å². The van der Waals surface area contributed by atoms with Gasteiger partial charge in [-0.25, -0.2) is 19.5 Å². The molecule has 120 valence electrons. The molecule has 0 aromatic carbocycles. The number of anilines is 1. The molecule has 0 spiro atoms. The fourth-order valence-electron chi connectivity index (χ4n) is 3.46. The van der Waals surface area contributed by atoms with E-state index in [1.54, 1.807) is 10.7 Å². The van der Waals surface area contributed by atoms with Crippen LogP contribution in [0.25, 0.3) is 17.2 Å². The number of nitrogens with two attached hydrogens (primary N) is 1. The molecule has 1 aliphatic rings. The molecule has 1 fully saturated rings. The van der Waals surface area contributed by atoms with Crippen molar-refractivity contribution in [2.24, 2.45) is 5.92 Å². The Morgan fingerprint density at radius 3 is 2.91 bits per heavy atom. The molecule has 3 aromatic rings. The minimum Gasteiger partial charge on any atom is -0.443 e. The minimum absolute atomic E-state index is 0.353. The minimum atomic E-state index is 0.353. The molecule has 2 unspecified atom stereocenters. The quantitative estimate of drug-likeness (QED) is 0.781. The summed E-state index contributed by atoms with van der Waals surface area (Å²) in [7, 11) is 0. The van der Waals surface area contributed by atoms with Crippen molar-refractivity contribution >= 4 is 11.5 Å². The lowest BCUT2D eigenvalue weighted by atomic mass is 9.82. The Bertz CT molecular complexity index is 838. The smallest absolute Gasteiger partial charge is 0.246 e. The second-order valence-corrected chi connectivity index (χ2v) is 6.44. The predicted molar refractivity (Wildman–Crippen MR) is 85.8 cm³/mol. The first-order chi connectivity index (χ1) is 11.1. The molecular formula is C16H20N6O. The van der Waals surface area contributed by atoms with Crippen molar-refractivity contribution in [3.05, 3.63) is 24.0 Å². The highest BCUT2D eigenvalue weighted by Crippen LogP contribution is 2.35. The Labute approximate surface area is 134 Å². The molecule has 2 atom stereocenters. The predicted octanol–water partition coefficient (Wildman–Crippen LogP) is 2.96. The number of aryl methyl sites for hydroxylation is 1. The number of hydrogen-bond acceptors (Lipinski definition) is 6. The summed E-state index contributed by atoms with van der Waals surface area (Å²) in [4.78, 5) is 13.2. The summed E-state index contributed by atoms with van der Waals surface area (Å²) in [6.45, 7) is 4.23. The molecule has 4 rings (SSSR count). The van der Waals surface area contributed by atoms with Gasteiger partial charge in [0, 0.05) is 5.92 Å². The highest BCUT2D eigenvalue weighted by Gasteiger charge is 2.25. The normalized spacial score (nSPS) is 21.8. The van der Waals surface area contributed by atoms with Crippen molar-refractivity contribution in [1.82, 2.24) is 24.6 Å². The Kier molecular flexibility index (Phi) is 3.28.